The van der Waals surface area contributed by atoms with Crippen molar-refractivity contribution in [2.75, 3.05) is 19.6 Å². The van der Waals surface area contributed by atoms with Crippen LogP contribution in [-0.4, -0.2) is 68.0 Å². The van der Waals surface area contributed by atoms with E-state index in [1.165, 1.54) is 17.0 Å². The van der Waals surface area contributed by atoms with E-state index in [1.54, 1.807) is 23.4 Å². The summed E-state index contributed by atoms with van der Waals surface area (Å²) in [7, 11) is 0. The third kappa shape index (κ3) is 6.48. The molecule has 2 atom stereocenters. The van der Waals surface area contributed by atoms with Crippen molar-refractivity contribution in [1.29, 1.82) is 0 Å². The van der Waals surface area contributed by atoms with E-state index < -0.39 is 23.8 Å². The molecule has 2 aliphatic rings. The molecule has 3 aromatic rings. The maximum Gasteiger partial charge on any atom is 0.258 e. The van der Waals surface area contributed by atoms with E-state index in [2.05, 4.69) is 10.4 Å². The fraction of sp³-hybridized carbons (Fsp3) is 0.452. The lowest BCUT2D eigenvalue weighted by molar-refractivity contribution is -0.142. The molecule has 5 rings (SSSR count). The zero-order valence-electron chi connectivity index (χ0n) is 24.0. The summed E-state index contributed by atoms with van der Waals surface area (Å²) in [5.41, 5.74) is 1.43. The number of carbonyl (C=O) groups is 3. The summed E-state index contributed by atoms with van der Waals surface area (Å²) >= 11 is 6.41. The van der Waals surface area contributed by atoms with Crippen molar-refractivity contribution in [2.24, 2.45) is 0 Å². The normalized spacial score (nSPS) is 20.4. The molecule has 3 amide bonds. The Hall–Kier alpha value is -3.79. The third-order valence-electron chi connectivity index (χ3n) is 8.03. The fourth-order valence-electron chi connectivity index (χ4n) is 5.83. The number of piperidine rings is 1. The Bertz CT molecular complexity index is 1460. The van der Waals surface area contributed by atoms with E-state index in [1.807, 2.05) is 30.3 Å². The third-order valence-corrected chi connectivity index (χ3v) is 8.52. The number of halogens is 2. The Morgan fingerprint density at radius 2 is 1.81 bits per heavy atom. The van der Waals surface area contributed by atoms with Crippen molar-refractivity contribution in [3.8, 4) is 0 Å². The minimum absolute atomic E-state index is 0.0783. The van der Waals surface area contributed by atoms with Crippen LogP contribution in [0.1, 0.15) is 71.3 Å². The molecule has 0 saturated carbocycles. The Morgan fingerprint density at radius 1 is 1.02 bits per heavy atom. The number of benzene rings is 2. The van der Waals surface area contributed by atoms with Crippen LogP contribution < -0.4 is 5.32 Å². The summed E-state index contributed by atoms with van der Waals surface area (Å²) in [5.74, 6) is -0.467. The van der Waals surface area contributed by atoms with Crippen LogP contribution in [0.5, 0.6) is 0 Å². The summed E-state index contributed by atoms with van der Waals surface area (Å²) in [6.45, 7) is 4.67. The Labute approximate surface area is 250 Å². The van der Waals surface area contributed by atoms with Gasteiger partial charge in [-0.15, -0.1) is 0 Å². The molecule has 222 valence electrons. The van der Waals surface area contributed by atoms with E-state index in [-0.39, 0.29) is 48.5 Å². The van der Waals surface area contributed by atoms with Crippen LogP contribution in [0.2, 0.25) is 5.02 Å². The summed E-state index contributed by atoms with van der Waals surface area (Å²) in [4.78, 5) is 48.7. The van der Waals surface area contributed by atoms with E-state index >= 15 is 0 Å². The molecule has 0 spiro atoms. The minimum atomic E-state index is -0.690. The predicted molar refractivity (Wildman–Crippen MR) is 156 cm³/mol. The molecule has 0 aliphatic carbocycles. The largest absolute Gasteiger partial charge is 0.344 e. The lowest BCUT2D eigenvalue weighted by Crippen LogP contribution is -2.53. The van der Waals surface area contributed by atoms with Crippen LogP contribution in [-0.2, 0) is 22.6 Å². The minimum Gasteiger partial charge on any atom is -0.344 e. The van der Waals surface area contributed by atoms with E-state index in [0.717, 1.165) is 18.4 Å². The second kappa shape index (κ2) is 13.0. The second-order valence-corrected chi connectivity index (χ2v) is 11.4. The zero-order valence-corrected chi connectivity index (χ0v) is 24.7. The molecule has 0 radical (unpaired) electrons. The Morgan fingerprint density at radius 3 is 2.60 bits per heavy atom. The van der Waals surface area contributed by atoms with Gasteiger partial charge in [0.1, 0.15) is 23.5 Å². The molecular weight excluding hydrogens is 559 g/mol. The van der Waals surface area contributed by atoms with Crippen molar-refractivity contribution in [2.45, 2.75) is 71.0 Å². The number of carbonyl (C=O) groups excluding carboxylic acids is 3. The predicted octanol–water partition coefficient (Wildman–Crippen LogP) is 4.40. The Kier molecular flexibility index (Phi) is 9.21. The number of fused-ring (bicyclic) bond motifs is 2. The molecule has 2 aromatic carbocycles. The van der Waals surface area contributed by atoms with Crippen LogP contribution in [0.25, 0.3) is 0 Å². The molecule has 3 heterocycles. The van der Waals surface area contributed by atoms with Gasteiger partial charge in [-0.05, 0) is 63.1 Å². The van der Waals surface area contributed by atoms with Crippen molar-refractivity contribution < 1.29 is 18.8 Å². The highest BCUT2D eigenvalue weighted by Gasteiger charge is 2.35. The van der Waals surface area contributed by atoms with Crippen LogP contribution in [0.15, 0.2) is 42.5 Å². The van der Waals surface area contributed by atoms with Gasteiger partial charge in [-0.1, -0.05) is 48.0 Å². The number of aryl methyl sites for hydroxylation is 2. The Balaban J connectivity index is 1.52. The lowest BCUT2D eigenvalue weighted by Gasteiger charge is -2.36. The first-order chi connectivity index (χ1) is 20.2. The lowest BCUT2D eigenvalue weighted by atomic mass is 9.99. The van der Waals surface area contributed by atoms with Crippen LogP contribution in [0.4, 0.5) is 4.39 Å². The average molecular weight is 595 g/mol. The summed E-state index contributed by atoms with van der Waals surface area (Å²) in [6.07, 6.45) is 3.26. The van der Waals surface area contributed by atoms with Gasteiger partial charge in [-0.2, -0.15) is 5.10 Å². The van der Waals surface area contributed by atoms with Crippen LogP contribution >= 0.6 is 11.6 Å². The number of hydrogen-bond donors (Lipinski definition) is 1. The van der Waals surface area contributed by atoms with Gasteiger partial charge >= 0.3 is 0 Å². The molecule has 1 N–H and O–H groups in total. The van der Waals surface area contributed by atoms with Gasteiger partial charge in [-0.25, -0.2) is 14.1 Å². The molecule has 0 bridgehead atoms. The van der Waals surface area contributed by atoms with Gasteiger partial charge in [0.15, 0.2) is 0 Å². The number of aromatic nitrogens is 3. The van der Waals surface area contributed by atoms with E-state index in [4.69, 9.17) is 16.6 Å². The van der Waals surface area contributed by atoms with Gasteiger partial charge in [0.25, 0.3) is 5.91 Å². The molecule has 2 aliphatic heterocycles. The SMILES string of the molecule is Cc1nc2n(n1)CCN(C(=O)c1c(F)ccc(C)c1Cl)CCCC(=O)N1CCCC[C@H]1C(=O)N[C@@H]2Cc1ccccc1. The maximum absolute atomic E-state index is 14.9. The van der Waals surface area contributed by atoms with Gasteiger partial charge in [0, 0.05) is 26.1 Å². The smallest absolute Gasteiger partial charge is 0.258 e. The molecule has 9 nitrogen and oxygen atoms in total. The fourth-order valence-corrected chi connectivity index (χ4v) is 6.06. The maximum atomic E-state index is 14.9. The van der Waals surface area contributed by atoms with Crippen LogP contribution in [0, 0.1) is 19.7 Å². The number of nitrogens with zero attached hydrogens (tertiary/aromatic N) is 5. The molecular formula is C31H36ClFN6O3. The molecule has 1 saturated heterocycles. The average Bonchev–Trinajstić information content (AvgIpc) is 3.36. The molecule has 1 aromatic heterocycles. The summed E-state index contributed by atoms with van der Waals surface area (Å²) in [5, 5.41) is 7.86. The first-order valence-corrected chi connectivity index (χ1v) is 14.9. The van der Waals surface area contributed by atoms with Crippen molar-refractivity contribution in [3.63, 3.8) is 0 Å². The number of hydrogen-bond acceptors (Lipinski definition) is 5. The summed E-state index contributed by atoms with van der Waals surface area (Å²) < 4.78 is 16.6. The molecule has 1 fully saturated rings. The van der Waals surface area contributed by atoms with Crippen LogP contribution in [0.3, 0.4) is 0 Å². The van der Waals surface area contributed by atoms with Crippen molar-refractivity contribution >= 4 is 29.3 Å². The highest BCUT2D eigenvalue weighted by molar-refractivity contribution is 6.34. The van der Waals surface area contributed by atoms with E-state index in [9.17, 15) is 18.8 Å². The van der Waals surface area contributed by atoms with Gasteiger partial charge in [0.05, 0.1) is 23.2 Å². The van der Waals surface area contributed by atoms with Gasteiger partial charge in [0.2, 0.25) is 11.8 Å². The second-order valence-electron chi connectivity index (χ2n) is 11.0. The molecule has 42 heavy (non-hydrogen) atoms. The monoisotopic (exact) mass is 594 g/mol. The quantitative estimate of drug-likeness (QED) is 0.484. The first kappa shape index (κ1) is 29.7. The molecule has 0 unspecified atom stereocenters. The van der Waals surface area contributed by atoms with Gasteiger partial charge < -0.3 is 15.1 Å². The number of rotatable bonds is 3. The highest BCUT2D eigenvalue weighted by Crippen LogP contribution is 2.26. The zero-order chi connectivity index (χ0) is 29.8. The number of amides is 3. The van der Waals surface area contributed by atoms with Gasteiger partial charge in [-0.3, -0.25) is 14.4 Å². The highest BCUT2D eigenvalue weighted by atomic mass is 35.5. The topological polar surface area (TPSA) is 100 Å². The number of nitrogens with one attached hydrogen (secondary N) is 1. The van der Waals surface area contributed by atoms with E-state index in [0.29, 0.717) is 43.0 Å². The summed E-state index contributed by atoms with van der Waals surface area (Å²) in [6, 6.07) is 11.5. The standard InChI is InChI=1S/C31H36ClFN6O3/c1-20-13-14-23(33)27(28(20)32)31(42)37-15-8-12-26(40)38-16-7-6-11-25(38)30(41)35-24(19-22-9-4-3-5-10-22)29-34-21(2)36-39(29)18-17-37/h3-5,9-10,13-14,24-25H,6-8,11-12,15-19H2,1-2H3,(H,35,41)/t24-,25+/m1/s1. The first-order valence-electron chi connectivity index (χ1n) is 14.5. The van der Waals surface area contributed by atoms with Crippen molar-refractivity contribution in [3.05, 3.63) is 81.6 Å². The molecule has 11 heteroatoms. The van der Waals surface area contributed by atoms with Crippen molar-refractivity contribution in [1.82, 2.24) is 29.9 Å².